The monoisotopic (exact) mass is 344 g/mol. The van der Waals surface area contributed by atoms with Gasteiger partial charge in [0.1, 0.15) is 5.82 Å². The van der Waals surface area contributed by atoms with Crippen LogP contribution in [0.3, 0.4) is 0 Å². The Kier molecular flexibility index (Phi) is 5.53. The van der Waals surface area contributed by atoms with Gasteiger partial charge in [0.25, 0.3) is 0 Å². The first-order valence-electron chi connectivity index (χ1n) is 8.06. The molecule has 0 atom stereocenters. The largest absolute Gasteiger partial charge is 0.325 e. The van der Waals surface area contributed by atoms with Crippen molar-refractivity contribution in [2.75, 3.05) is 18.1 Å². The lowest BCUT2D eigenvalue weighted by atomic mass is 10.2. The number of halogens is 1. The van der Waals surface area contributed by atoms with Crippen LogP contribution in [0, 0.1) is 5.82 Å². The first kappa shape index (κ1) is 17.0. The van der Waals surface area contributed by atoms with E-state index in [9.17, 15) is 9.18 Å². The molecular formula is C19H21FN2OS. The first-order valence-corrected chi connectivity index (χ1v) is 9.29. The fraction of sp³-hybridized carbons (Fsp3) is 0.316. The van der Waals surface area contributed by atoms with Gasteiger partial charge in [0.15, 0.2) is 0 Å². The maximum Gasteiger partial charge on any atom is 0.238 e. The number of carbonyl (C=O) groups excluding carboxylic acids is 1. The van der Waals surface area contributed by atoms with E-state index in [1.165, 1.54) is 17.0 Å². The number of nitrogens with one attached hydrogen (secondary N) is 1. The van der Waals surface area contributed by atoms with E-state index in [0.717, 1.165) is 24.1 Å². The normalized spacial score (nSPS) is 14.0. The first-order chi connectivity index (χ1) is 11.6. The van der Waals surface area contributed by atoms with Gasteiger partial charge in [-0.3, -0.25) is 9.69 Å². The van der Waals surface area contributed by atoms with Gasteiger partial charge in [-0.1, -0.05) is 12.1 Å². The number of anilines is 1. The second kappa shape index (κ2) is 7.81. The molecular weight excluding hydrogens is 323 g/mol. The van der Waals surface area contributed by atoms with Gasteiger partial charge in [0.05, 0.1) is 6.54 Å². The third-order valence-electron chi connectivity index (χ3n) is 4.08. The zero-order valence-corrected chi connectivity index (χ0v) is 14.5. The predicted octanol–water partition coefficient (Wildman–Crippen LogP) is 4.15. The predicted molar refractivity (Wildman–Crippen MR) is 96.7 cm³/mol. The number of thioether (sulfide) groups is 1. The lowest BCUT2D eigenvalue weighted by Crippen LogP contribution is -2.34. The highest BCUT2D eigenvalue weighted by Crippen LogP contribution is 2.28. The van der Waals surface area contributed by atoms with Crippen molar-refractivity contribution in [1.82, 2.24) is 4.90 Å². The summed E-state index contributed by atoms with van der Waals surface area (Å²) in [5.41, 5.74) is 1.84. The standard InChI is InChI=1S/C19H21FN2OS/c1-24-18-10-6-16(7-11-18)21-19(23)13-22(17-8-9-17)12-14-2-4-15(20)5-3-14/h2-7,10-11,17H,8-9,12-13H2,1H3,(H,21,23). The fourth-order valence-corrected chi connectivity index (χ4v) is 3.05. The summed E-state index contributed by atoms with van der Waals surface area (Å²) in [6.45, 7) is 1.02. The minimum Gasteiger partial charge on any atom is -0.325 e. The van der Waals surface area contributed by atoms with E-state index in [4.69, 9.17) is 0 Å². The lowest BCUT2D eigenvalue weighted by molar-refractivity contribution is -0.117. The van der Waals surface area contributed by atoms with E-state index in [2.05, 4.69) is 10.2 Å². The molecule has 0 heterocycles. The molecule has 1 saturated carbocycles. The fourth-order valence-electron chi connectivity index (χ4n) is 2.64. The van der Waals surface area contributed by atoms with Crippen molar-refractivity contribution in [3.8, 4) is 0 Å². The van der Waals surface area contributed by atoms with Gasteiger partial charge >= 0.3 is 0 Å². The molecule has 0 bridgehead atoms. The quantitative estimate of drug-likeness (QED) is 0.766. The Morgan fingerprint density at radius 2 is 1.83 bits per heavy atom. The molecule has 0 saturated heterocycles. The molecule has 0 aromatic heterocycles. The van der Waals surface area contributed by atoms with Crippen LogP contribution in [-0.2, 0) is 11.3 Å². The highest BCUT2D eigenvalue weighted by atomic mass is 32.2. The van der Waals surface area contributed by atoms with E-state index in [1.807, 2.05) is 30.5 Å². The molecule has 1 N–H and O–H groups in total. The van der Waals surface area contributed by atoms with Crippen LogP contribution in [-0.4, -0.2) is 29.6 Å². The zero-order valence-electron chi connectivity index (χ0n) is 13.7. The molecule has 0 aliphatic heterocycles. The zero-order chi connectivity index (χ0) is 16.9. The highest BCUT2D eigenvalue weighted by Gasteiger charge is 2.30. The van der Waals surface area contributed by atoms with Crippen LogP contribution in [0.2, 0.25) is 0 Å². The topological polar surface area (TPSA) is 32.3 Å². The van der Waals surface area contributed by atoms with Crippen molar-refractivity contribution in [2.45, 2.75) is 30.3 Å². The molecule has 24 heavy (non-hydrogen) atoms. The van der Waals surface area contributed by atoms with Crippen LogP contribution in [0.25, 0.3) is 0 Å². The Labute approximate surface area is 146 Å². The van der Waals surface area contributed by atoms with Crippen LogP contribution in [0.15, 0.2) is 53.4 Å². The smallest absolute Gasteiger partial charge is 0.238 e. The van der Waals surface area contributed by atoms with Crippen molar-refractivity contribution >= 4 is 23.4 Å². The third-order valence-corrected chi connectivity index (χ3v) is 4.83. The van der Waals surface area contributed by atoms with Crippen molar-refractivity contribution < 1.29 is 9.18 Å². The summed E-state index contributed by atoms with van der Waals surface area (Å²) in [6.07, 6.45) is 4.27. The number of rotatable bonds is 7. The number of benzene rings is 2. The molecule has 126 valence electrons. The lowest BCUT2D eigenvalue weighted by Gasteiger charge is -2.21. The summed E-state index contributed by atoms with van der Waals surface area (Å²) < 4.78 is 13.0. The van der Waals surface area contributed by atoms with E-state index in [-0.39, 0.29) is 11.7 Å². The molecule has 1 aliphatic carbocycles. The summed E-state index contributed by atoms with van der Waals surface area (Å²) in [7, 11) is 0. The molecule has 5 heteroatoms. The summed E-state index contributed by atoms with van der Waals surface area (Å²) in [5.74, 6) is -0.246. The van der Waals surface area contributed by atoms with E-state index < -0.39 is 0 Å². The van der Waals surface area contributed by atoms with Gasteiger partial charge in [0.2, 0.25) is 5.91 Å². The molecule has 0 spiro atoms. The van der Waals surface area contributed by atoms with Gasteiger partial charge in [0, 0.05) is 23.2 Å². The Bertz CT molecular complexity index is 684. The Balaban J connectivity index is 1.58. The molecule has 2 aromatic rings. The van der Waals surface area contributed by atoms with Crippen molar-refractivity contribution in [2.24, 2.45) is 0 Å². The third kappa shape index (κ3) is 4.82. The maximum atomic E-state index is 13.0. The maximum absolute atomic E-state index is 13.0. The summed E-state index contributed by atoms with van der Waals surface area (Å²) >= 11 is 1.67. The van der Waals surface area contributed by atoms with E-state index in [0.29, 0.717) is 19.1 Å². The molecule has 0 radical (unpaired) electrons. The van der Waals surface area contributed by atoms with E-state index in [1.54, 1.807) is 23.9 Å². The Morgan fingerprint density at radius 1 is 1.17 bits per heavy atom. The van der Waals surface area contributed by atoms with Gasteiger partial charge in [-0.05, 0) is 61.1 Å². The number of hydrogen-bond donors (Lipinski definition) is 1. The van der Waals surface area contributed by atoms with E-state index >= 15 is 0 Å². The second-order valence-electron chi connectivity index (χ2n) is 6.04. The Hall–Kier alpha value is -1.85. The molecule has 2 aromatic carbocycles. The minimum atomic E-state index is -0.233. The summed E-state index contributed by atoms with van der Waals surface area (Å²) in [4.78, 5) is 15.7. The molecule has 0 unspecified atom stereocenters. The van der Waals surface area contributed by atoms with Crippen LogP contribution >= 0.6 is 11.8 Å². The number of amides is 1. The average molecular weight is 344 g/mol. The molecule has 3 rings (SSSR count). The number of hydrogen-bond acceptors (Lipinski definition) is 3. The molecule has 1 fully saturated rings. The van der Waals surface area contributed by atoms with Crippen LogP contribution < -0.4 is 5.32 Å². The van der Waals surface area contributed by atoms with Gasteiger partial charge in [-0.25, -0.2) is 4.39 Å². The van der Waals surface area contributed by atoms with Crippen molar-refractivity contribution in [3.05, 3.63) is 59.9 Å². The summed E-state index contributed by atoms with van der Waals surface area (Å²) in [5, 5.41) is 2.95. The average Bonchev–Trinajstić information content (AvgIpc) is 3.42. The van der Waals surface area contributed by atoms with Crippen LogP contribution in [0.4, 0.5) is 10.1 Å². The van der Waals surface area contributed by atoms with Crippen LogP contribution in [0.1, 0.15) is 18.4 Å². The minimum absolute atomic E-state index is 0.0130. The molecule has 1 aliphatic rings. The van der Waals surface area contributed by atoms with Gasteiger partial charge < -0.3 is 5.32 Å². The Morgan fingerprint density at radius 3 is 2.42 bits per heavy atom. The number of carbonyl (C=O) groups is 1. The van der Waals surface area contributed by atoms with Gasteiger partial charge in [-0.2, -0.15) is 0 Å². The SMILES string of the molecule is CSc1ccc(NC(=O)CN(Cc2ccc(F)cc2)C2CC2)cc1. The van der Waals surface area contributed by atoms with Crippen molar-refractivity contribution in [1.29, 1.82) is 0 Å². The van der Waals surface area contributed by atoms with Crippen LogP contribution in [0.5, 0.6) is 0 Å². The molecule has 3 nitrogen and oxygen atoms in total. The van der Waals surface area contributed by atoms with Crippen molar-refractivity contribution in [3.63, 3.8) is 0 Å². The summed E-state index contributed by atoms with van der Waals surface area (Å²) in [6, 6.07) is 14.8. The van der Waals surface area contributed by atoms with Gasteiger partial charge in [-0.15, -0.1) is 11.8 Å². The molecule has 1 amide bonds. The second-order valence-corrected chi connectivity index (χ2v) is 6.92. The number of nitrogens with zero attached hydrogens (tertiary/aromatic N) is 1. The highest BCUT2D eigenvalue weighted by molar-refractivity contribution is 7.98.